The van der Waals surface area contributed by atoms with E-state index in [4.69, 9.17) is 0 Å². The summed E-state index contributed by atoms with van der Waals surface area (Å²) in [4.78, 5) is 24.5. The maximum absolute atomic E-state index is 13.8. The second kappa shape index (κ2) is 9.53. The topological polar surface area (TPSA) is 88.9 Å². The van der Waals surface area contributed by atoms with Gasteiger partial charge in [-0.2, -0.15) is 0 Å². The van der Waals surface area contributed by atoms with Crippen LogP contribution in [0.3, 0.4) is 0 Å². The Labute approximate surface area is 178 Å². The average molecular weight is 428 g/mol. The lowest BCUT2D eigenvalue weighted by Crippen LogP contribution is -2.29. The molecule has 0 unspecified atom stereocenters. The zero-order valence-electron chi connectivity index (χ0n) is 16.8. The molecule has 3 aromatic rings. The van der Waals surface area contributed by atoms with Crippen molar-refractivity contribution in [3.8, 4) is 0 Å². The fourth-order valence-electron chi connectivity index (χ4n) is 2.78. The predicted molar refractivity (Wildman–Crippen MR) is 114 cm³/mol. The van der Waals surface area contributed by atoms with Crippen molar-refractivity contribution < 1.29 is 14.0 Å². The number of thioether (sulfide) groups is 1. The van der Waals surface area contributed by atoms with Crippen LogP contribution < -0.4 is 10.6 Å². The molecule has 156 valence electrons. The quantitative estimate of drug-likeness (QED) is 0.564. The Balaban J connectivity index is 1.58. The SMILES string of the molecule is Cc1ccc(NC(=O)CSc2nnc([C@@H](C)NC(=O)c3ccccc3F)n2C)cc1. The van der Waals surface area contributed by atoms with Crippen molar-refractivity contribution in [3.63, 3.8) is 0 Å². The minimum Gasteiger partial charge on any atom is -0.342 e. The molecular weight excluding hydrogens is 405 g/mol. The molecule has 30 heavy (non-hydrogen) atoms. The van der Waals surface area contributed by atoms with Crippen LogP contribution in [-0.2, 0) is 11.8 Å². The third-order valence-electron chi connectivity index (χ3n) is 4.39. The van der Waals surface area contributed by atoms with Crippen LogP contribution >= 0.6 is 11.8 Å². The lowest BCUT2D eigenvalue weighted by Gasteiger charge is -2.14. The Morgan fingerprint density at radius 1 is 1.13 bits per heavy atom. The van der Waals surface area contributed by atoms with Gasteiger partial charge in [-0.1, -0.05) is 41.6 Å². The van der Waals surface area contributed by atoms with Gasteiger partial charge in [-0.3, -0.25) is 9.59 Å². The molecule has 0 spiro atoms. The largest absolute Gasteiger partial charge is 0.342 e. The highest BCUT2D eigenvalue weighted by Gasteiger charge is 2.20. The standard InChI is InChI=1S/C21H22FN5O2S/c1-13-8-10-15(11-9-13)24-18(28)12-30-21-26-25-19(27(21)3)14(2)23-20(29)16-6-4-5-7-17(16)22/h4-11,14H,12H2,1-3H3,(H,23,29)(H,24,28)/t14-/m1/s1. The first-order chi connectivity index (χ1) is 14.3. The highest BCUT2D eigenvalue weighted by Crippen LogP contribution is 2.20. The Morgan fingerprint density at radius 2 is 1.83 bits per heavy atom. The van der Waals surface area contributed by atoms with Gasteiger partial charge in [-0.15, -0.1) is 10.2 Å². The van der Waals surface area contributed by atoms with E-state index in [-0.39, 0.29) is 17.2 Å². The Morgan fingerprint density at radius 3 is 2.53 bits per heavy atom. The average Bonchev–Trinajstić information content (AvgIpc) is 3.09. The molecule has 0 bridgehead atoms. The molecule has 1 atom stereocenters. The maximum Gasteiger partial charge on any atom is 0.254 e. The number of carbonyl (C=O) groups is 2. The summed E-state index contributed by atoms with van der Waals surface area (Å²) in [5.74, 6) is -0.614. The fourth-order valence-corrected chi connectivity index (χ4v) is 3.50. The zero-order valence-corrected chi connectivity index (χ0v) is 17.7. The number of aryl methyl sites for hydroxylation is 1. The van der Waals surface area contributed by atoms with E-state index in [9.17, 15) is 14.0 Å². The Bertz CT molecular complexity index is 1050. The number of hydrogen-bond acceptors (Lipinski definition) is 5. The molecule has 2 N–H and O–H groups in total. The highest BCUT2D eigenvalue weighted by molar-refractivity contribution is 7.99. The smallest absolute Gasteiger partial charge is 0.254 e. The third kappa shape index (κ3) is 5.24. The van der Waals surface area contributed by atoms with Gasteiger partial charge < -0.3 is 15.2 Å². The number of aromatic nitrogens is 3. The summed E-state index contributed by atoms with van der Waals surface area (Å²) in [6, 6.07) is 12.8. The van der Waals surface area contributed by atoms with E-state index >= 15 is 0 Å². The van der Waals surface area contributed by atoms with Crippen LogP contribution in [0.1, 0.15) is 34.7 Å². The number of halogens is 1. The number of nitrogens with one attached hydrogen (secondary N) is 2. The van der Waals surface area contributed by atoms with Crippen LogP contribution in [0.2, 0.25) is 0 Å². The van der Waals surface area contributed by atoms with Crippen molar-refractivity contribution in [3.05, 3.63) is 71.3 Å². The van der Waals surface area contributed by atoms with E-state index < -0.39 is 17.8 Å². The first kappa shape index (κ1) is 21.5. The molecule has 2 amide bonds. The van der Waals surface area contributed by atoms with Gasteiger partial charge in [0.1, 0.15) is 5.82 Å². The van der Waals surface area contributed by atoms with Gasteiger partial charge in [0, 0.05) is 12.7 Å². The van der Waals surface area contributed by atoms with Crippen LogP contribution in [0, 0.1) is 12.7 Å². The number of carbonyl (C=O) groups excluding carboxylic acids is 2. The molecule has 0 aliphatic rings. The molecule has 0 aliphatic carbocycles. The molecule has 0 radical (unpaired) electrons. The van der Waals surface area contributed by atoms with E-state index in [1.807, 2.05) is 31.2 Å². The fraction of sp³-hybridized carbons (Fsp3) is 0.238. The summed E-state index contributed by atoms with van der Waals surface area (Å²) in [6.07, 6.45) is 0. The number of benzene rings is 2. The van der Waals surface area contributed by atoms with Crippen LogP contribution in [0.25, 0.3) is 0 Å². The monoisotopic (exact) mass is 427 g/mol. The lowest BCUT2D eigenvalue weighted by atomic mass is 10.2. The van der Waals surface area contributed by atoms with Gasteiger partial charge in [0.25, 0.3) is 5.91 Å². The lowest BCUT2D eigenvalue weighted by molar-refractivity contribution is -0.113. The summed E-state index contributed by atoms with van der Waals surface area (Å²) in [7, 11) is 1.75. The van der Waals surface area contributed by atoms with Gasteiger partial charge in [0.2, 0.25) is 5.91 Å². The van der Waals surface area contributed by atoms with Gasteiger partial charge >= 0.3 is 0 Å². The summed E-state index contributed by atoms with van der Waals surface area (Å²) < 4.78 is 15.5. The van der Waals surface area contributed by atoms with Crippen molar-refractivity contribution in [1.82, 2.24) is 20.1 Å². The van der Waals surface area contributed by atoms with E-state index in [2.05, 4.69) is 20.8 Å². The molecular formula is C21H22FN5O2S. The Kier molecular flexibility index (Phi) is 6.83. The minimum absolute atomic E-state index is 0.0334. The summed E-state index contributed by atoms with van der Waals surface area (Å²) in [5.41, 5.74) is 1.81. The number of amides is 2. The van der Waals surface area contributed by atoms with Crippen molar-refractivity contribution >= 4 is 29.3 Å². The highest BCUT2D eigenvalue weighted by atomic mass is 32.2. The normalized spacial score (nSPS) is 11.7. The molecule has 0 saturated heterocycles. The van der Waals surface area contributed by atoms with Crippen LogP contribution in [0.15, 0.2) is 53.7 Å². The molecule has 0 saturated carbocycles. The van der Waals surface area contributed by atoms with Gasteiger partial charge in [-0.25, -0.2) is 4.39 Å². The van der Waals surface area contributed by atoms with Crippen molar-refractivity contribution in [2.24, 2.45) is 7.05 Å². The van der Waals surface area contributed by atoms with Gasteiger partial charge in [0.05, 0.1) is 17.4 Å². The first-order valence-electron chi connectivity index (χ1n) is 9.29. The number of nitrogens with zero attached hydrogens (tertiary/aromatic N) is 3. The third-order valence-corrected chi connectivity index (χ3v) is 5.41. The minimum atomic E-state index is -0.587. The predicted octanol–water partition coefficient (Wildman–Crippen LogP) is 3.48. The zero-order chi connectivity index (χ0) is 21.7. The number of anilines is 1. The Hall–Kier alpha value is -3.20. The molecule has 1 heterocycles. The van der Waals surface area contributed by atoms with E-state index in [0.29, 0.717) is 11.0 Å². The molecule has 7 nitrogen and oxygen atoms in total. The molecule has 0 aliphatic heterocycles. The van der Waals surface area contributed by atoms with E-state index in [1.165, 1.54) is 30.0 Å². The van der Waals surface area contributed by atoms with Crippen LogP contribution in [-0.4, -0.2) is 32.3 Å². The first-order valence-corrected chi connectivity index (χ1v) is 10.3. The van der Waals surface area contributed by atoms with E-state index in [0.717, 1.165) is 11.3 Å². The van der Waals surface area contributed by atoms with Crippen molar-refractivity contribution in [2.45, 2.75) is 25.0 Å². The van der Waals surface area contributed by atoms with Gasteiger partial charge in [-0.05, 0) is 38.1 Å². The van der Waals surface area contributed by atoms with E-state index in [1.54, 1.807) is 24.6 Å². The van der Waals surface area contributed by atoms with Crippen LogP contribution in [0.5, 0.6) is 0 Å². The van der Waals surface area contributed by atoms with Gasteiger partial charge in [0.15, 0.2) is 11.0 Å². The molecule has 1 aromatic heterocycles. The second-order valence-corrected chi connectivity index (χ2v) is 7.72. The van der Waals surface area contributed by atoms with Crippen molar-refractivity contribution in [1.29, 1.82) is 0 Å². The summed E-state index contributed by atoms with van der Waals surface area (Å²) in [6.45, 7) is 3.72. The van der Waals surface area contributed by atoms with Crippen molar-refractivity contribution in [2.75, 3.05) is 11.1 Å². The summed E-state index contributed by atoms with van der Waals surface area (Å²) in [5, 5.41) is 14.3. The summed E-state index contributed by atoms with van der Waals surface area (Å²) >= 11 is 1.24. The van der Waals surface area contributed by atoms with Crippen LogP contribution in [0.4, 0.5) is 10.1 Å². The second-order valence-electron chi connectivity index (χ2n) is 6.78. The molecule has 2 aromatic carbocycles. The number of hydrogen-bond donors (Lipinski definition) is 2. The number of rotatable bonds is 7. The molecule has 3 rings (SSSR count). The molecule has 0 fully saturated rings. The molecule has 9 heteroatoms. The maximum atomic E-state index is 13.8.